The molecule has 2 aromatic rings. The summed E-state index contributed by atoms with van der Waals surface area (Å²) < 4.78 is 64.9. The van der Waals surface area contributed by atoms with Crippen molar-refractivity contribution in [2.45, 2.75) is 5.51 Å². The van der Waals surface area contributed by atoms with Crippen LogP contribution in [0.25, 0.3) is 11.1 Å². The Labute approximate surface area is 152 Å². The van der Waals surface area contributed by atoms with Crippen LogP contribution in [0.3, 0.4) is 0 Å². The van der Waals surface area contributed by atoms with Crippen molar-refractivity contribution in [2.75, 3.05) is 0 Å². The number of alkyl halides is 3. The summed E-state index contributed by atoms with van der Waals surface area (Å²) in [6.45, 7) is 0. The van der Waals surface area contributed by atoms with Gasteiger partial charge >= 0.3 is 15.6 Å². The van der Waals surface area contributed by atoms with Crippen LogP contribution in [0.1, 0.15) is 11.1 Å². The van der Waals surface area contributed by atoms with Gasteiger partial charge in [0.15, 0.2) is 11.7 Å². The molecule has 0 amide bonds. The molecule has 0 aromatic heterocycles. The number of benzene rings is 2. The zero-order valence-corrected chi connectivity index (χ0v) is 14.3. The summed E-state index contributed by atoms with van der Waals surface area (Å²) in [4.78, 5) is 0. The summed E-state index contributed by atoms with van der Waals surface area (Å²) in [6, 6.07) is 16.4. The van der Waals surface area contributed by atoms with Crippen molar-refractivity contribution < 1.29 is 25.9 Å². The Morgan fingerprint density at radius 1 is 0.778 bits per heavy atom. The van der Waals surface area contributed by atoms with Crippen molar-refractivity contribution >= 4 is 32.9 Å². The smallest absolute Gasteiger partial charge is 0.282 e. The summed E-state index contributed by atoms with van der Waals surface area (Å²) in [5, 5.41) is 16.4. The van der Waals surface area contributed by atoms with Gasteiger partial charge in [-0.15, -0.1) is 4.28 Å². The Hall–Kier alpha value is -2.98. The molecular formula is C17H12F3N3O3S. The number of nitrogens with zero attached hydrogens (tertiary/aromatic N) is 1. The van der Waals surface area contributed by atoms with E-state index in [2.05, 4.69) is 4.28 Å². The molecule has 0 spiro atoms. The molecule has 0 aliphatic carbocycles. The van der Waals surface area contributed by atoms with Crippen molar-refractivity contribution in [3.05, 3.63) is 71.8 Å². The minimum atomic E-state index is -6.04. The molecule has 1 aliphatic heterocycles. The van der Waals surface area contributed by atoms with Gasteiger partial charge in [0.05, 0.1) is 0 Å². The van der Waals surface area contributed by atoms with Crippen LogP contribution in [0.2, 0.25) is 0 Å². The van der Waals surface area contributed by atoms with Gasteiger partial charge in [-0.3, -0.25) is 10.8 Å². The molecule has 6 nitrogen and oxygen atoms in total. The lowest BCUT2D eigenvalue weighted by Crippen LogP contribution is -2.38. The molecule has 0 unspecified atom stereocenters. The largest absolute Gasteiger partial charge is 0.525 e. The van der Waals surface area contributed by atoms with Gasteiger partial charge in [0.1, 0.15) is 0 Å². The van der Waals surface area contributed by atoms with Gasteiger partial charge in [-0.05, 0) is 11.1 Å². The second kappa shape index (κ2) is 6.63. The van der Waals surface area contributed by atoms with Crippen LogP contribution in [0.5, 0.6) is 0 Å². The lowest BCUT2D eigenvalue weighted by atomic mass is 9.96. The van der Waals surface area contributed by atoms with Crippen LogP contribution < -0.4 is 0 Å². The molecule has 140 valence electrons. The van der Waals surface area contributed by atoms with Gasteiger partial charge < -0.3 is 0 Å². The van der Waals surface area contributed by atoms with Crippen molar-refractivity contribution in [3.63, 3.8) is 0 Å². The molecule has 2 N–H and O–H groups in total. The third-order valence-electron chi connectivity index (χ3n) is 3.71. The van der Waals surface area contributed by atoms with E-state index >= 15 is 0 Å². The third kappa shape index (κ3) is 3.36. The topological polar surface area (TPSA) is 94.3 Å². The van der Waals surface area contributed by atoms with Crippen molar-refractivity contribution in [3.8, 4) is 0 Å². The Kier molecular flexibility index (Phi) is 4.62. The predicted molar refractivity (Wildman–Crippen MR) is 93.1 cm³/mol. The summed E-state index contributed by atoms with van der Waals surface area (Å²) >= 11 is 0. The van der Waals surface area contributed by atoms with Crippen LogP contribution >= 0.6 is 0 Å². The summed E-state index contributed by atoms with van der Waals surface area (Å²) in [6.07, 6.45) is 0. The normalized spacial score (nSPS) is 15.6. The molecule has 2 aromatic carbocycles. The highest BCUT2D eigenvalue weighted by atomic mass is 32.2. The van der Waals surface area contributed by atoms with Crippen LogP contribution in [0.15, 0.2) is 60.7 Å². The fourth-order valence-electron chi connectivity index (χ4n) is 2.54. The molecule has 1 heterocycles. The minimum Gasteiger partial charge on any atom is -0.282 e. The monoisotopic (exact) mass is 395 g/mol. The maximum atomic E-state index is 12.7. The molecule has 0 fully saturated rings. The van der Waals surface area contributed by atoms with E-state index in [-0.39, 0.29) is 16.2 Å². The first-order chi connectivity index (χ1) is 12.6. The van der Waals surface area contributed by atoms with Gasteiger partial charge in [0.2, 0.25) is 0 Å². The standard InChI is InChI=1S/C17H12F3N3O3S/c18-17(19,20)27(24,25)26-23-15(21)13(11-7-3-1-4-8-11)14(16(23)22)12-9-5-2-6-10-12/h1-10,21-22H. The highest BCUT2D eigenvalue weighted by molar-refractivity contribution is 7.87. The lowest BCUT2D eigenvalue weighted by molar-refractivity contribution is -0.0652. The van der Waals surface area contributed by atoms with Crippen LogP contribution in [0.4, 0.5) is 13.2 Å². The molecule has 0 saturated heterocycles. The Morgan fingerprint density at radius 2 is 1.15 bits per heavy atom. The van der Waals surface area contributed by atoms with Gasteiger partial charge in [-0.25, -0.2) is 0 Å². The average Bonchev–Trinajstić information content (AvgIpc) is 2.86. The number of nitrogens with one attached hydrogen (secondary N) is 2. The summed E-state index contributed by atoms with van der Waals surface area (Å²) in [7, 11) is -6.04. The molecule has 10 heteroatoms. The maximum Gasteiger partial charge on any atom is 0.525 e. The molecule has 0 bridgehead atoms. The number of hydrogen-bond donors (Lipinski definition) is 2. The van der Waals surface area contributed by atoms with Crippen molar-refractivity contribution in [2.24, 2.45) is 0 Å². The average molecular weight is 395 g/mol. The van der Waals surface area contributed by atoms with Gasteiger partial charge in [-0.2, -0.15) is 26.7 Å². The van der Waals surface area contributed by atoms with E-state index in [1.165, 1.54) is 0 Å². The van der Waals surface area contributed by atoms with Crippen LogP contribution in [-0.4, -0.2) is 30.7 Å². The molecule has 0 radical (unpaired) electrons. The van der Waals surface area contributed by atoms with E-state index in [4.69, 9.17) is 10.8 Å². The first-order valence-corrected chi connectivity index (χ1v) is 8.88. The zero-order valence-electron chi connectivity index (χ0n) is 13.5. The first-order valence-electron chi connectivity index (χ1n) is 7.47. The zero-order chi connectivity index (χ0) is 19.8. The van der Waals surface area contributed by atoms with Gasteiger partial charge in [0, 0.05) is 11.1 Å². The number of rotatable bonds is 4. The fourth-order valence-corrected chi connectivity index (χ4v) is 2.97. The molecule has 0 atom stereocenters. The molecule has 3 rings (SSSR count). The number of hydrogen-bond acceptors (Lipinski definition) is 5. The van der Waals surface area contributed by atoms with Crippen LogP contribution in [-0.2, 0) is 14.4 Å². The maximum absolute atomic E-state index is 12.7. The SMILES string of the molecule is N=C1C(c2ccccc2)=C(c2ccccc2)C(=N)N1OS(=O)(=O)C(F)(F)F. The van der Waals surface area contributed by atoms with E-state index < -0.39 is 27.3 Å². The quantitative estimate of drug-likeness (QED) is 0.773. The molecule has 0 saturated carbocycles. The van der Waals surface area contributed by atoms with Gasteiger partial charge in [0.25, 0.3) is 0 Å². The highest BCUT2D eigenvalue weighted by Gasteiger charge is 2.51. The Morgan fingerprint density at radius 3 is 1.48 bits per heavy atom. The third-order valence-corrected chi connectivity index (χ3v) is 4.62. The van der Waals surface area contributed by atoms with E-state index in [0.717, 1.165) is 0 Å². The fraction of sp³-hybridized carbons (Fsp3) is 0.0588. The molecular weight excluding hydrogens is 383 g/mol. The first kappa shape index (κ1) is 18.8. The van der Waals surface area contributed by atoms with Crippen LogP contribution in [0, 0.1) is 10.8 Å². The number of halogens is 3. The Balaban J connectivity index is 2.13. The Bertz CT molecular complexity index is 972. The highest BCUT2D eigenvalue weighted by Crippen LogP contribution is 2.37. The van der Waals surface area contributed by atoms with E-state index in [1.54, 1.807) is 60.7 Å². The van der Waals surface area contributed by atoms with Crippen molar-refractivity contribution in [1.29, 1.82) is 10.8 Å². The lowest BCUT2D eigenvalue weighted by Gasteiger charge is -2.18. The number of amidine groups is 2. The predicted octanol–water partition coefficient (Wildman–Crippen LogP) is 3.65. The van der Waals surface area contributed by atoms with E-state index in [0.29, 0.717) is 11.1 Å². The second-order valence-corrected chi connectivity index (χ2v) is 6.97. The number of hydroxylamine groups is 2. The molecule has 27 heavy (non-hydrogen) atoms. The molecule has 1 aliphatic rings. The van der Waals surface area contributed by atoms with Gasteiger partial charge in [-0.1, -0.05) is 60.7 Å². The van der Waals surface area contributed by atoms with Crippen molar-refractivity contribution in [1.82, 2.24) is 5.06 Å². The van der Waals surface area contributed by atoms with E-state index in [1.807, 2.05) is 0 Å². The summed E-state index contributed by atoms with van der Waals surface area (Å²) in [5.74, 6) is -1.37. The second-order valence-electron chi connectivity index (χ2n) is 5.45. The van der Waals surface area contributed by atoms with E-state index in [9.17, 15) is 21.6 Å². The summed E-state index contributed by atoms with van der Waals surface area (Å²) in [5.41, 5.74) is -4.65. The minimum absolute atomic E-state index is 0.0630.